The largest absolute Gasteiger partial charge is 0.465 e. The summed E-state index contributed by atoms with van der Waals surface area (Å²) in [4.78, 5) is 34.8. The van der Waals surface area contributed by atoms with Crippen molar-refractivity contribution in [2.24, 2.45) is 0 Å². The minimum absolute atomic E-state index is 0.132. The minimum atomic E-state index is -0.573. The lowest BCUT2D eigenvalue weighted by molar-refractivity contribution is -0.146. The zero-order chi connectivity index (χ0) is 19.4. The summed E-state index contributed by atoms with van der Waals surface area (Å²) in [6, 6.07) is 10.8. The smallest absolute Gasteiger partial charge is 0.326 e. The molecule has 1 aliphatic heterocycles. The molecule has 1 fully saturated rings. The van der Waals surface area contributed by atoms with E-state index in [-0.39, 0.29) is 31.6 Å². The zero-order valence-corrected chi connectivity index (χ0v) is 15.0. The van der Waals surface area contributed by atoms with Gasteiger partial charge in [0.2, 0.25) is 23.7 Å². The Morgan fingerprint density at radius 3 is 2.70 bits per heavy atom. The second-order valence-corrected chi connectivity index (χ2v) is 5.76. The van der Waals surface area contributed by atoms with Crippen molar-refractivity contribution in [3.05, 3.63) is 42.1 Å². The lowest BCUT2D eigenvalue weighted by Gasteiger charge is -2.18. The van der Waals surface area contributed by atoms with Gasteiger partial charge in [0.15, 0.2) is 0 Å². The Morgan fingerprint density at radius 2 is 2.00 bits per heavy atom. The standard InChI is InChI=1S/C18H19N5O4/c1-3-26-16(25)11-22-15(24)10-23(17(22)19)18-20-12(2)9-14(21-18)27-13-7-5-4-6-8-13/h4-9,19H,3,10-11H2,1-2H3. The maximum Gasteiger partial charge on any atom is 0.326 e. The molecule has 0 radical (unpaired) electrons. The molecular formula is C18H19N5O4. The number of hydrogen-bond donors (Lipinski definition) is 1. The van der Waals surface area contributed by atoms with Crippen molar-refractivity contribution in [2.45, 2.75) is 13.8 Å². The number of aromatic nitrogens is 2. The molecule has 9 heteroatoms. The topological polar surface area (TPSA) is 109 Å². The lowest BCUT2D eigenvalue weighted by atomic mass is 10.3. The van der Waals surface area contributed by atoms with Crippen molar-refractivity contribution in [1.29, 1.82) is 5.41 Å². The second-order valence-electron chi connectivity index (χ2n) is 5.76. The summed E-state index contributed by atoms with van der Waals surface area (Å²) in [5.41, 5.74) is 0.620. The van der Waals surface area contributed by atoms with Gasteiger partial charge in [0.1, 0.15) is 18.8 Å². The molecule has 3 rings (SSSR count). The molecule has 0 spiro atoms. The number of para-hydroxylation sites is 1. The summed E-state index contributed by atoms with van der Waals surface area (Å²) in [6.45, 7) is 3.20. The van der Waals surface area contributed by atoms with Crippen LogP contribution in [0.1, 0.15) is 12.6 Å². The van der Waals surface area contributed by atoms with Gasteiger partial charge in [0.05, 0.1) is 6.61 Å². The van der Waals surface area contributed by atoms with Gasteiger partial charge in [-0.1, -0.05) is 18.2 Å². The third kappa shape index (κ3) is 4.20. The Bertz CT molecular complexity index is 871. The van der Waals surface area contributed by atoms with E-state index in [0.29, 0.717) is 17.3 Å². The van der Waals surface area contributed by atoms with Gasteiger partial charge in [-0.3, -0.25) is 24.8 Å². The van der Waals surface area contributed by atoms with Crippen LogP contribution >= 0.6 is 0 Å². The van der Waals surface area contributed by atoms with E-state index >= 15 is 0 Å². The molecule has 9 nitrogen and oxygen atoms in total. The summed E-state index contributed by atoms with van der Waals surface area (Å²) in [5, 5.41) is 8.22. The fraction of sp³-hybridized carbons (Fsp3) is 0.278. The minimum Gasteiger partial charge on any atom is -0.465 e. The van der Waals surface area contributed by atoms with Gasteiger partial charge in [0, 0.05) is 11.8 Å². The molecule has 2 aromatic rings. The number of aryl methyl sites for hydroxylation is 1. The third-order valence-corrected chi connectivity index (χ3v) is 3.72. The molecule has 1 aliphatic rings. The number of nitrogens with zero attached hydrogens (tertiary/aromatic N) is 4. The Balaban J connectivity index is 1.81. The van der Waals surface area contributed by atoms with E-state index in [2.05, 4.69) is 9.97 Å². The van der Waals surface area contributed by atoms with Crippen molar-refractivity contribution >= 4 is 23.8 Å². The number of ether oxygens (including phenoxy) is 2. The number of anilines is 1. The van der Waals surface area contributed by atoms with E-state index in [1.54, 1.807) is 32.0 Å². The monoisotopic (exact) mass is 369 g/mol. The van der Waals surface area contributed by atoms with Crippen LogP contribution in [-0.2, 0) is 14.3 Å². The fourth-order valence-corrected chi connectivity index (χ4v) is 2.53. The summed E-state index contributed by atoms with van der Waals surface area (Å²) in [6.07, 6.45) is 0. The van der Waals surface area contributed by atoms with Crippen LogP contribution in [-0.4, -0.2) is 52.4 Å². The number of hydrogen-bond acceptors (Lipinski definition) is 7. The molecule has 1 N–H and O–H groups in total. The summed E-state index contributed by atoms with van der Waals surface area (Å²) in [5.74, 6) is -0.0831. The SMILES string of the molecule is CCOC(=O)CN1C(=N)N(c2nc(C)cc(Oc3ccccc3)n2)CC1=O. The first-order valence-electron chi connectivity index (χ1n) is 8.38. The highest BCUT2D eigenvalue weighted by Gasteiger charge is 2.37. The Kier molecular flexibility index (Phi) is 5.30. The molecule has 2 heterocycles. The Morgan fingerprint density at radius 1 is 1.26 bits per heavy atom. The van der Waals surface area contributed by atoms with Crippen LogP contribution in [0.15, 0.2) is 36.4 Å². The molecule has 0 atom stereocenters. The number of amides is 1. The van der Waals surface area contributed by atoms with E-state index in [9.17, 15) is 9.59 Å². The highest BCUT2D eigenvalue weighted by Crippen LogP contribution is 2.24. The third-order valence-electron chi connectivity index (χ3n) is 3.72. The van der Waals surface area contributed by atoms with Crippen LogP contribution in [0, 0.1) is 12.3 Å². The first kappa shape index (κ1) is 18.3. The van der Waals surface area contributed by atoms with Gasteiger partial charge in [-0.2, -0.15) is 4.98 Å². The van der Waals surface area contributed by atoms with Gasteiger partial charge >= 0.3 is 5.97 Å². The van der Waals surface area contributed by atoms with Crippen LogP contribution in [0.3, 0.4) is 0 Å². The molecule has 27 heavy (non-hydrogen) atoms. The van der Waals surface area contributed by atoms with Gasteiger partial charge in [-0.25, -0.2) is 4.98 Å². The normalized spacial score (nSPS) is 13.9. The average Bonchev–Trinajstić information content (AvgIpc) is 2.90. The number of rotatable bonds is 6. The molecule has 0 unspecified atom stereocenters. The first-order chi connectivity index (χ1) is 13.0. The molecule has 1 aromatic heterocycles. The Labute approximate surface area is 156 Å². The lowest BCUT2D eigenvalue weighted by Crippen LogP contribution is -2.38. The molecule has 0 aliphatic carbocycles. The van der Waals surface area contributed by atoms with Crippen molar-refractivity contribution < 1.29 is 19.1 Å². The van der Waals surface area contributed by atoms with Gasteiger partial charge in [0.25, 0.3) is 0 Å². The van der Waals surface area contributed by atoms with Crippen LogP contribution in [0.5, 0.6) is 11.6 Å². The first-order valence-corrected chi connectivity index (χ1v) is 8.38. The van der Waals surface area contributed by atoms with Crippen LogP contribution in [0.25, 0.3) is 0 Å². The van der Waals surface area contributed by atoms with Crippen molar-refractivity contribution in [2.75, 3.05) is 24.6 Å². The number of esters is 1. The number of benzene rings is 1. The van der Waals surface area contributed by atoms with Gasteiger partial charge in [-0.15, -0.1) is 0 Å². The predicted octanol–water partition coefficient (Wildman–Crippen LogP) is 1.72. The van der Waals surface area contributed by atoms with Crippen molar-refractivity contribution in [3.8, 4) is 11.6 Å². The molecule has 1 saturated heterocycles. The number of guanidine groups is 1. The summed E-state index contributed by atoms with van der Waals surface area (Å²) >= 11 is 0. The van der Waals surface area contributed by atoms with Crippen LogP contribution < -0.4 is 9.64 Å². The molecule has 1 aromatic carbocycles. The molecule has 1 amide bonds. The number of nitrogens with one attached hydrogen (secondary N) is 1. The van der Waals surface area contributed by atoms with Crippen LogP contribution in [0.4, 0.5) is 5.95 Å². The second kappa shape index (κ2) is 7.81. The van der Waals surface area contributed by atoms with E-state index in [1.807, 2.05) is 18.2 Å². The predicted molar refractivity (Wildman–Crippen MR) is 96.7 cm³/mol. The summed E-state index contributed by atoms with van der Waals surface area (Å²) < 4.78 is 10.6. The number of carbonyl (C=O) groups is 2. The quantitative estimate of drug-likeness (QED) is 0.772. The molecule has 0 bridgehead atoms. The van der Waals surface area contributed by atoms with E-state index in [1.165, 1.54) is 4.90 Å². The van der Waals surface area contributed by atoms with E-state index in [0.717, 1.165) is 4.90 Å². The maximum absolute atomic E-state index is 12.2. The maximum atomic E-state index is 12.2. The zero-order valence-electron chi connectivity index (χ0n) is 15.0. The highest BCUT2D eigenvalue weighted by atomic mass is 16.5. The molecule has 140 valence electrons. The Hall–Kier alpha value is -3.49. The van der Waals surface area contributed by atoms with Crippen molar-refractivity contribution in [3.63, 3.8) is 0 Å². The number of carbonyl (C=O) groups excluding carboxylic acids is 2. The fourth-order valence-electron chi connectivity index (χ4n) is 2.53. The average molecular weight is 369 g/mol. The van der Waals surface area contributed by atoms with E-state index < -0.39 is 11.9 Å². The van der Waals surface area contributed by atoms with Crippen LogP contribution in [0.2, 0.25) is 0 Å². The molecule has 0 saturated carbocycles. The highest BCUT2D eigenvalue weighted by molar-refractivity contribution is 6.13. The molecular weight excluding hydrogens is 350 g/mol. The van der Waals surface area contributed by atoms with Crippen molar-refractivity contribution in [1.82, 2.24) is 14.9 Å². The van der Waals surface area contributed by atoms with Gasteiger partial charge < -0.3 is 9.47 Å². The summed E-state index contributed by atoms with van der Waals surface area (Å²) in [7, 11) is 0. The van der Waals surface area contributed by atoms with E-state index in [4.69, 9.17) is 14.9 Å². The van der Waals surface area contributed by atoms with Gasteiger partial charge in [-0.05, 0) is 26.0 Å².